The van der Waals surface area contributed by atoms with Crippen molar-refractivity contribution in [2.75, 3.05) is 13.2 Å². The lowest BCUT2D eigenvalue weighted by atomic mass is 9.81. The van der Waals surface area contributed by atoms with Crippen LogP contribution in [0.5, 0.6) is 0 Å². The zero-order valence-corrected chi connectivity index (χ0v) is 55.0. The van der Waals surface area contributed by atoms with Gasteiger partial charge in [0, 0.05) is 0 Å². The standard InChI is InChI=1S/C36H74.C19H34O2.C17H32O2/c1-29(2)15-11-19-33(9)23-25-35(21-13-17-31(5)6)27-28-36(22-14-18-32(7)8)26-24-34(10)20-12-16-30(3)4;1-13(2)15(4)17-6-8-19(10-17)18-7-5-16(9-18)14(3)11-21-12-20;1-13(2)15(4)17-9-8-16(10-17)7-5-6-14(3)11-19-12-18/h29-36H,11-28H2,1-10H3;12-19H,5-11H2,1-4H3;12-17H,5-11H2,1-4H3. The quantitative estimate of drug-likeness (QED) is 0.0573. The number of carbonyl (C=O) groups is 2. The molecule has 0 aliphatic heterocycles. The van der Waals surface area contributed by atoms with Gasteiger partial charge in [0.25, 0.3) is 12.9 Å². The first kappa shape index (κ1) is 73.0. The minimum Gasteiger partial charge on any atom is -0.468 e. The Morgan fingerprint density at radius 3 is 1.16 bits per heavy atom. The molecule has 0 radical (unpaired) electrons. The molecule has 14 atom stereocenters. The molecule has 0 spiro atoms. The van der Waals surface area contributed by atoms with E-state index in [2.05, 4.69) is 125 Å². The Morgan fingerprint density at radius 2 is 0.724 bits per heavy atom. The van der Waals surface area contributed by atoms with E-state index in [0.29, 0.717) is 38.0 Å². The molecule has 3 fully saturated rings. The highest BCUT2D eigenvalue weighted by molar-refractivity contribution is 5.37. The van der Waals surface area contributed by atoms with Crippen molar-refractivity contribution in [3.05, 3.63) is 0 Å². The third-order valence-electron chi connectivity index (χ3n) is 20.7. The second-order valence-electron chi connectivity index (χ2n) is 30.2. The average Bonchev–Trinajstić information content (AvgIpc) is 4.17. The Morgan fingerprint density at radius 1 is 0.355 bits per heavy atom. The average molecular weight is 1070 g/mol. The molecular formula is C72H140O4. The van der Waals surface area contributed by atoms with Crippen LogP contribution in [-0.2, 0) is 19.1 Å². The van der Waals surface area contributed by atoms with E-state index in [1.165, 1.54) is 193 Å². The van der Waals surface area contributed by atoms with Gasteiger partial charge in [0.2, 0.25) is 0 Å². The van der Waals surface area contributed by atoms with E-state index in [1.807, 2.05) is 0 Å². The van der Waals surface area contributed by atoms with Crippen molar-refractivity contribution < 1.29 is 19.1 Å². The third-order valence-corrected chi connectivity index (χ3v) is 20.7. The van der Waals surface area contributed by atoms with Gasteiger partial charge in [-0.15, -0.1) is 0 Å². The van der Waals surface area contributed by atoms with Gasteiger partial charge in [-0.05, 0) is 176 Å². The van der Waals surface area contributed by atoms with Crippen LogP contribution < -0.4 is 0 Å². The van der Waals surface area contributed by atoms with Crippen LogP contribution in [0.3, 0.4) is 0 Å². The molecule has 4 nitrogen and oxygen atoms in total. The Labute approximate surface area is 478 Å². The first-order valence-electron chi connectivity index (χ1n) is 34.2. The van der Waals surface area contributed by atoms with E-state index in [9.17, 15) is 9.59 Å². The van der Waals surface area contributed by atoms with Crippen molar-refractivity contribution in [3.8, 4) is 0 Å². The normalized spacial score (nSPS) is 24.0. The number of hydrogen-bond acceptors (Lipinski definition) is 4. The molecule has 76 heavy (non-hydrogen) atoms. The van der Waals surface area contributed by atoms with Crippen molar-refractivity contribution >= 4 is 12.9 Å². The Balaban J connectivity index is 0.000000611. The van der Waals surface area contributed by atoms with Gasteiger partial charge >= 0.3 is 0 Å². The molecule has 0 saturated heterocycles. The van der Waals surface area contributed by atoms with E-state index in [4.69, 9.17) is 9.47 Å². The number of ether oxygens (including phenoxy) is 2. The first-order valence-corrected chi connectivity index (χ1v) is 34.2. The van der Waals surface area contributed by atoms with Gasteiger partial charge in [0.15, 0.2) is 0 Å². The van der Waals surface area contributed by atoms with Crippen LogP contribution in [-0.4, -0.2) is 26.2 Å². The summed E-state index contributed by atoms with van der Waals surface area (Å²) in [5.74, 6) is 17.3. The molecule has 4 heteroatoms. The maximum Gasteiger partial charge on any atom is 0.293 e. The third kappa shape index (κ3) is 35.6. The van der Waals surface area contributed by atoms with Gasteiger partial charge in [0.05, 0.1) is 13.2 Å². The maximum absolute atomic E-state index is 10.3. The lowest BCUT2D eigenvalue weighted by molar-refractivity contribution is -0.130. The van der Waals surface area contributed by atoms with Crippen molar-refractivity contribution in [2.24, 2.45) is 118 Å². The van der Waals surface area contributed by atoms with Crippen molar-refractivity contribution in [1.29, 1.82) is 0 Å². The molecule has 14 unspecified atom stereocenters. The maximum atomic E-state index is 10.3. The molecular weight excluding hydrogens is 929 g/mol. The van der Waals surface area contributed by atoms with Crippen molar-refractivity contribution in [3.63, 3.8) is 0 Å². The fourth-order valence-corrected chi connectivity index (χ4v) is 14.3. The van der Waals surface area contributed by atoms with Crippen molar-refractivity contribution in [1.82, 2.24) is 0 Å². The van der Waals surface area contributed by atoms with Crippen LogP contribution in [0.25, 0.3) is 0 Å². The smallest absolute Gasteiger partial charge is 0.293 e. The zero-order chi connectivity index (χ0) is 57.0. The molecule has 452 valence electrons. The fraction of sp³-hybridized carbons (Fsp3) is 0.972. The highest BCUT2D eigenvalue weighted by atomic mass is 16.5. The molecule has 0 aromatic heterocycles. The summed E-state index contributed by atoms with van der Waals surface area (Å²) in [7, 11) is 0. The largest absolute Gasteiger partial charge is 0.468 e. The van der Waals surface area contributed by atoms with E-state index < -0.39 is 0 Å². The highest BCUT2D eigenvalue weighted by Crippen LogP contribution is 2.49. The van der Waals surface area contributed by atoms with E-state index in [1.54, 1.807) is 0 Å². The number of hydrogen-bond donors (Lipinski definition) is 0. The van der Waals surface area contributed by atoms with Crippen LogP contribution in [0.2, 0.25) is 0 Å². The summed E-state index contributed by atoms with van der Waals surface area (Å²) < 4.78 is 9.77. The predicted molar refractivity (Wildman–Crippen MR) is 334 cm³/mol. The summed E-state index contributed by atoms with van der Waals surface area (Å²) >= 11 is 0. The Hall–Kier alpha value is -1.06. The monoisotopic (exact) mass is 1070 g/mol. The summed E-state index contributed by atoms with van der Waals surface area (Å²) in [4.78, 5) is 20.5. The molecule has 3 aliphatic carbocycles. The molecule has 3 rings (SSSR count). The second kappa shape index (κ2) is 43.6. The van der Waals surface area contributed by atoms with E-state index in [0.717, 1.165) is 107 Å². The molecule has 0 N–H and O–H groups in total. The minimum absolute atomic E-state index is 0.511. The number of carbonyl (C=O) groups excluding carboxylic acids is 2. The molecule has 0 heterocycles. The van der Waals surface area contributed by atoms with Gasteiger partial charge in [-0.1, -0.05) is 259 Å². The lowest BCUT2D eigenvalue weighted by Gasteiger charge is -2.25. The predicted octanol–water partition coefficient (Wildman–Crippen LogP) is 22.7. The molecule has 3 aliphatic rings. The molecule has 3 saturated carbocycles. The van der Waals surface area contributed by atoms with E-state index in [-0.39, 0.29) is 0 Å². The van der Waals surface area contributed by atoms with Gasteiger partial charge in [-0.2, -0.15) is 0 Å². The Kier molecular flexibility index (Phi) is 41.9. The molecule has 0 aromatic carbocycles. The van der Waals surface area contributed by atoms with Crippen LogP contribution in [0.4, 0.5) is 0 Å². The van der Waals surface area contributed by atoms with Crippen LogP contribution in [0.1, 0.15) is 317 Å². The summed E-state index contributed by atoms with van der Waals surface area (Å²) in [5, 5.41) is 0. The second-order valence-corrected chi connectivity index (χ2v) is 30.2. The fourth-order valence-electron chi connectivity index (χ4n) is 14.3. The number of rotatable bonds is 41. The summed E-state index contributed by atoms with van der Waals surface area (Å²) in [5.41, 5.74) is 0. The van der Waals surface area contributed by atoms with Crippen LogP contribution in [0.15, 0.2) is 0 Å². The molecule has 0 aromatic rings. The van der Waals surface area contributed by atoms with Gasteiger partial charge in [0.1, 0.15) is 0 Å². The minimum atomic E-state index is 0.511. The van der Waals surface area contributed by atoms with Crippen LogP contribution >= 0.6 is 0 Å². The lowest BCUT2D eigenvalue weighted by Crippen LogP contribution is -2.17. The summed E-state index contributed by atoms with van der Waals surface area (Å²) in [6.45, 7) is 45.3. The first-order chi connectivity index (χ1) is 36.1. The van der Waals surface area contributed by atoms with Gasteiger partial charge < -0.3 is 9.47 Å². The summed E-state index contributed by atoms with van der Waals surface area (Å²) in [6.07, 6.45) is 42.9. The van der Waals surface area contributed by atoms with Gasteiger partial charge in [-0.25, -0.2) is 0 Å². The molecule has 0 amide bonds. The van der Waals surface area contributed by atoms with Crippen molar-refractivity contribution in [2.45, 2.75) is 317 Å². The SMILES string of the molecule is CC(C)C(C)C1CCC(C2CCC(C(C)COC=O)C2)C1.CC(C)CCCC(C)CCC(CCCC(C)C)CCC(CCCC(C)C)CCC(C)CCCC(C)C.CC(CCCC1CCC(C(C)C(C)C)C1)COC=O. The topological polar surface area (TPSA) is 52.6 Å². The summed E-state index contributed by atoms with van der Waals surface area (Å²) in [6, 6.07) is 0. The molecule has 0 bridgehead atoms. The highest BCUT2D eigenvalue weighted by Gasteiger charge is 2.39. The van der Waals surface area contributed by atoms with Crippen LogP contribution in [0, 0.1) is 118 Å². The zero-order valence-electron chi connectivity index (χ0n) is 55.0. The Bertz CT molecular complexity index is 1290. The van der Waals surface area contributed by atoms with Gasteiger partial charge in [-0.3, -0.25) is 9.59 Å². The van der Waals surface area contributed by atoms with E-state index >= 15 is 0 Å².